The Morgan fingerprint density at radius 1 is 1.67 bits per heavy atom. The molecule has 0 heterocycles. The number of nitrogens with two attached hydrogens (primary N) is 1. The minimum absolute atomic E-state index is 0.116. The highest BCUT2D eigenvalue weighted by Gasteiger charge is 2.05. The predicted octanol–water partition coefficient (Wildman–Crippen LogP) is 0.265. The topological polar surface area (TPSA) is 88.1 Å². The van der Waals surface area contributed by atoms with Gasteiger partial charge in [-0.25, -0.2) is 0 Å². The van der Waals surface area contributed by atoms with Crippen LogP contribution in [-0.2, 0) is 4.79 Å². The molecule has 0 saturated carbocycles. The molecular weight excluding hydrogens is 194 g/mol. The number of rotatable bonds is 3. The highest BCUT2D eigenvalue weighted by atomic mass is 16.5. The summed E-state index contributed by atoms with van der Waals surface area (Å²) in [5, 5.41) is 11.2. The number of benzene rings is 1. The molecule has 1 aromatic rings. The first-order valence-corrected chi connectivity index (χ1v) is 4.30. The minimum atomic E-state index is -0.254. The van der Waals surface area contributed by atoms with Crippen molar-refractivity contribution in [3.63, 3.8) is 0 Å². The van der Waals surface area contributed by atoms with Crippen LogP contribution in [0, 0.1) is 11.3 Å². The number of hydrogen-bond acceptors (Lipinski definition) is 4. The van der Waals surface area contributed by atoms with Crippen molar-refractivity contribution >= 4 is 11.6 Å². The van der Waals surface area contributed by atoms with Crippen molar-refractivity contribution in [2.75, 3.05) is 19.4 Å². The second kappa shape index (κ2) is 4.86. The van der Waals surface area contributed by atoms with E-state index in [1.54, 1.807) is 12.1 Å². The van der Waals surface area contributed by atoms with E-state index in [2.05, 4.69) is 5.32 Å². The number of nitrogen functional groups attached to an aromatic ring is 1. The molecule has 0 aliphatic carbocycles. The molecule has 1 amide bonds. The lowest BCUT2D eigenvalue weighted by molar-refractivity contribution is -0.122. The number of carbonyl (C=O) groups excluding carboxylic acids is 1. The fourth-order valence-corrected chi connectivity index (χ4v) is 0.976. The SMILES string of the molecule is CNC(=O)COc1ccc(N)cc1C#N. The standard InChI is InChI=1S/C10H11N3O2/c1-13-10(14)6-15-9-3-2-8(12)4-7(9)5-11/h2-4H,6,12H2,1H3,(H,13,14). The maximum atomic E-state index is 10.9. The number of ether oxygens (including phenoxy) is 1. The molecule has 1 aromatic carbocycles. The van der Waals surface area contributed by atoms with Crippen LogP contribution in [0.1, 0.15) is 5.56 Å². The Morgan fingerprint density at radius 2 is 2.40 bits per heavy atom. The monoisotopic (exact) mass is 205 g/mol. The van der Waals surface area contributed by atoms with Gasteiger partial charge in [-0.05, 0) is 18.2 Å². The van der Waals surface area contributed by atoms with Gasteiger partial charge in [-0.15, -0.1) is 0 Å². The largest absolute Gasteiger partial charge is 0.482 e. The maximum Gasteiger partial charge on any atom is 0.257 e. The molecule has 0 aromatic heterocycles. The molecule has 0 fully saturated rings. The van der Waals surface area contributed by atoms with Gasteiger partial charge in [0.2, 0.25) is 0 Å². The Hall–Kier alpha value is -2.22. The molecule has 5 nitrogen and oxygen atoms in total. The summed E-state index contributed by atoms with van der Waals surface area (Å²) in [5.41, 5.74) is 6.30. The Labute approximate surface area is 87.4 Å². The molecule has 3 N–H and O–H groups in total. The van der Waals surface area contributed by atoms with Gasteiger partial charge in [-0.2, -0.15) is 5.26 Å². The van der Waals surface area contributed by atoms with Gasteiger partial charge >= 0.3 is 0 Å². The number of amides is 1. The van der Waals surface area contributed by atoms with Crippen molar-refractivity contribution < 1.29 is 9.53 Å². The van der Waals surface area contributed by atoms with Gasteiger partial charge in [0.15, 0.2) is 6.61 Å². The van der Waals surface area contributed by atoms with Gasteiger partial charge in [0.1, 0.15) is 11.8 Å². The summed E-state index contributed by atoms with van der Waals surface area (Å²) in [6, 6.07) is 6.62. The van der Waals surface area contributed by atoms with Crippen LogP contribution >= 0.6 is 0 Å². The average molecular weight is 205 g/mol. The molecule has 5 heteroatoms. The fourth-order valence-electron chi connectivity index (χ4n) is 0.976. The Bertz CT molecular complexity index is 410. The number of likely N-dealkylation sites (N-methyl/N-ethyl adjacent to an activating group) is 1. The van der Waals surface area contributed by atoms with Gasteiger partial charge in [-0.1, -0.05) is 0 Å². The van der Waals surface area contributed by atoms with E-state index in [0.29, 0.717) is 17.0 Å². The summed E-state index contributed by atoms with van der Waals surface area (Å²) in [6.07, 6.45) is 0. The summed E-state index contributed by atoms with van der Waals surface area (Å²) in [5.74, 6) is 0.103. The van der Waals surface area contributed by atoms with Crippen LogP contribution in [0.4, 0.5) is 5.69 Å². The number of carbonyl (C=O) groups is 1. The number of nitrogens with zero attached hydrogens (tertiary/aromatic N) is 1. The van der Waals surface area contributed by atoms with Crippen molar-refractivity contribution in [3.8, 4) is 11.8 Å². The van der Waals surface area contributed by atoms with Gasteiger partial charge in [0.25, 0.3) is 5.91 Å². The third kappa shape index (κ3) is 2.88. The molecule has 0 bridgehead atoms. The van der Waals surface area contributed by atoms with Crippen molar-refractivity contribution in [2.45, 2.75) is 0 Å². The van der Waals surface area contributed by atoms with E-state index in [4.69, 9.17) is 15.7 Å². The first kappa shape index (κ1) is 10.9. The molecule has 0 atom stereocenters. The zero-order chi connectivity index (χ0) is 11.3. The Morgan fingerprint density at radius 3 is 3.00 bits per heavy atom. The lowest BCUT2D eigenvalue weighted by atomic mass is 10.2. The minimum Gasteiger partial charge on any atom is -0.482 e. The van der Waals surface area contributed by atoms with Crippen LogP contribution in [0.5, 0.6) is 5.75 Å². The molecule has 0 spiro atoms. The van der Waals surface area contributed by atoms with E-state index in [1.165, 1.54) is 13.1 Å². The fraction of sp³-hybridized carbons (Fsp3) is 0.200. The zero-order valence-corrected chi connectivity index (χ0v) is 8.28. The van der Waals surface area contributed by atoms with Crippen LogP contribution in [0.3, 0.4) is 0 Å². The molecule has 15 heavy (non-hydrogen) atoms. The summed E-state index contributed by atoms with van der Waals surface area (Å²) < 4.78 is 5.15. The van der Waals surface area contributed by atoms with E-state index in [0.717, 1.165) is 0 Å². The van der Waals surface area contributed by atoms with Crippen LogP contribution in [-0.4, -0.2) is 19.6 Å². The van der Waals surface area contributed by atoms with Crippen molar-refractivity contribution in [3.05, 3.63) is 23.8 Å². The zero-order valence-electron chi connectivity index (χ0n) is 8.28. The molecule has 78 valence electrons. The van der Waals surface area contributed by atoms with Crippen LogP contribution < -0.4 is 15.8 Å². The summed E-state index contributed by atoms with van der Waals surface area (Å²) in [4.78, 5) is 10.9. The lowest BCUT2D eigenvalue weighted by Crippen LogP contribution is -2.25. The molecule has 0 radical (unpaired) electrons. The normalized spacial score (nSPS) is 9.07. The summed E-state index contributed by atoms with van der Waals surface area (Å²) in [7, 11) is 1.51. The molecule has 0 saturated heterocycles. The van der Waals surface area contributed by atoms with Crippen LogP contribution in [0.2, 0.25) is 0 Å². The van der Waals surface area contributed by atoms with E-state index in [1.807, 2.05) is 6.07 Å². The highest BCUT2D eigenvalue weighted by Crippen LogP contribution is 2.20. The van der Waals surface area contributed by atoms with Crippen LogP contribution in [0.15, 0.2) is 18.2 Å². The Kier molecular flexibility index (Phi) is 3.52. The van der Waals surface area contributed by atoms with E-state index in [-0.39, 0.29) is 12.5 Å². The predicted molar refractivity (Wildman–Crippen MR) is 55.1 cm³/mol. The van der Waals surface area contributed by atoms with E-state index < -0.39 is 0 Å². The smallest absolute Gasteiger partial charge is 0.257 e. The number of anilines is 1. The first-order valence-electron chi connectivity index (χ1n) is 4.30. The Balaban J connectivity index is 2.77. The van der Waals surface area contributed by atoms with Gasteiger partial charge in [-0.3, -0.25) is 4.79 Å². The summed E-state index contributed by atoms with van der Waals surface area (Å²) >= 11 is 0. The number of hydrogen-bond donors (Lipinski definition) is 2. The maximum absolute atomic E-state index is 10.9. The average Bonchev–Trinajstić information content (AvgIpc) is 2.26. The molecule has 0 unspecified atom stereocenters. The summed E-state index contributed by atoms with van der Waals surface area (Å²) in [6.45, 7) is -0.116. The number of nitriles is 1. The van der Waals surface area contributed by atoms with Gasteiger partial charge < -0.3 is 15.8 Å². The first-order chi connectivity index (χ1) is 7.17. The lowest BCUT2D eigenvalue weighted by Gasteiger charge is -2.06. The third-order valence-electron chi connectivity index (χ3n) is 1.76. The van der Waals surface area contributed by atoms with E-state index >= 15 is 0 Å². The van der Waals surface area contributed by atoms with Crippen molar-refractivity contribution in [2.24, 2.45) is 0 Å². The number of nitrogens with one attached hydrogen (secondary N) is 1. The molecular formula is C10H11N3O2. The van der Waals surface area contributed by atoms with Crippen LogP contribution in [0.25, 0.3) is 0 Å². The molecule has 0 aliphatic rings. The van der Waals surface area contributed by atoms with Crippen molar-refractivity contribution in [1.82, 2.24) is 5.32 Å². The van der Waals surface area contributed by atoms with E-state index in [9.17, 15) is 4.79 Å². The third-order valence-corrected chi connectivity index (χ3v) is 1.76. The second-order valence-corrected chi connectivity index (χ2v) is 2.83. The molecule has 1 rings (SSSR count). The van der Waals surface area contributed by atoms with Gasteiger partial charge in [0.05, 0.1) is 5.56 Å². The second-order valence-electron chi connectivity index (χ2n) is 2.83. The van der Waals surface area contributed by atoms with Crippen molar-refractivity contribution in [1.29, 1.82) is 5.26 Å². The molecule has 0 aliphatic heterocycles. The quantitative estimate of drug-likeness (QED) is 0.693. The van der Waals surface area contributed by atoms with Gasteiger partial charge in [0, 0.05) is 12.7 Å². The highest BCUT2D eigenvalue weighted by molar-refractivity contribution is 5.77.